The first-order chi connectivity index (χ1) is 21.9. The van der Waals surface area contributed by atoms with E-state index in [-0.39, 0.29) is 33.5 Å². The highest BCUT2D eigenvalue weighted by Gasteiger charge is 2.63. The maximum Gasteiger partial charge on any atom is 0.309 e. The van der Waals surface area contributed by atoms with Gasteiger partial charge in [-0.3, -0.25) is 4.79 Å². The summed E-state index contributed by atoms with van der Waals surface area (Å²) in [4.78, 5) is 15.1. The molecule has 0 amide bonds. The van der Waals surface area contributed by atoms with Gasteiger partial charge in [-0.1, -0.05) is 77.2 Å². The van der Waals surface area contributed by atoms with E-state index in [1.807, 2.05) is 6.92 Å². The average Bonchev–Trinajstić information content (AvgIpc) is 3.34. The molecule has 1 aromatic rings. The molecule has 47 heavy (non-hydrogen) atoms. The fourth-order valence-electron chi connectivity index (χ4n) is 10.7. The predicted molar refractivity (Wildman–Crippen MR) is 188 cm³/mol. The Kier molecular flexibility index (Phi) is 10.2. The Morgan fingerprint density at radius 2 is 1.74 bits per heavy atom. The van der Waals surface area contributed by atoms with E-state index in [4.69, 9.17) is 5.10 Å². The number of carboxylic acids is 1. The largest absolute Gasteiger partial charge is 0.481 e. The molecule has 3 fully saturated rings. The molecule has 0 saturated heterocycles. The van der Waals surface area contributed by atoms with E-state index >= 15 is 0 Å². The van der Waals surface area contributed by atoms with Crippen LogP contribution in [0.5, 0.6) is 0 Å². The Morgan fingerprint density at radius 1 is 1.06 bits per heavy atom. The van der Waals surface area contributed by atoms with Crippen LogP contribution in [0, 0.1) is 64.6 Å². The number of allylic oxidation sites excluding steroid dienone is 1. The Morgan fingerprint density at radius 3 is 2.38 bits per heavy atom. The smallest absolute Gasteiger partial charge is 0.309 e. The van der Waals surface area contributed by atoms with Crippen molar-refractivity contribution in [1.29, 1.82) is 0 Å². The van der Waals surface area contributed by atoms with Gasteiger partial charge in [0.1, 0.15) is 0 Å². The summed E-state index contributed by atoms with van der Waals surface area (Å²) in [7, 11) is -3.87. The lowest BCUT2D eigenvalue weighted by atomic mass is 9.43. The van der Waals surface area contributed by atoms with Crippen molar-refractivity contribution in [2.75, 3.05) is 0 Å². The van der Waals surface area contributed by atoms with Crippen molar-refractivity contribution in [1.82, 2.24) is 4.83 Å². The van der Waals surface area contributed by atoms with E-state index in [9.17, 15) is 23.4 Å². The molecule has 4 aliphatic carbocycles. The molecule has 4 aliphatic rings. The zero-order valence-electron chi connectivity index (χ0n) is 30.1. The first kappa shape index (κ1) is 36.1. The molecule has 262 valence electrons. The highest BCUT2D eigenvalue weighted by atomic mass is 32.2. The van der Waals surface area contributed by atoms with Gasteiger partial charge in [0.05, 0.1) is 22.1 Å². The van der Waals surface area contributed by atoms with E-state index in [2.05, 4.69) is 45.5 Å². The van der Waals surface area contributed by atoms with Crippen molar-refractivity contribution in [2.24, 2.45) is 62.8 Å². The summed E-state index contributed by atoms with van der Waals surface area (Å²) in [6, 6.07) is 6.82. The van der Waals surface area contributed by atoms with E-state index in [0.717, 1.165) is 36.1 Å². The molecule has 3 saturated carbocycles. The standard InChI is InChI=1S/C39H60N2O5S/c1-24(2)10-9-11-26(4)31-16-17-32-35-33(18-19-38(31,32)7)39(8)27(20-29(42)21-28(39)23-37(5,6)36(43)44)22-34(35)40-41-47(45,46)30-14-12-25(3)13-15-30/h12-15,22,24,26,28-29,31-33,35,41-42H,9-11,16-21,23H2,1-8H3,(H,43,44)/t26-,28?,29-,31-,32+,33+,35+,38-,39-/m1/s1. The summed E-state index contributed by atoms with van der Waals surface area (Å²) in [5, 5.41) is 26.0. The maximum absolute atomic E-state index is 13.5. The van der Waals surface area contributed by atoms with Gasteiger partial charge in [0.25, 0.3) is 10.0 Å². The molecule has 9 atom stereocenters. The van der Waals surface area contributed by atoms with Crippen molar-refractivity contribution in [3.8, 4) is 0 Å². The van der Waals surface area contributed by atoms with Crippen LogP contribution in [-0.2, 0) is 14.8 Å². The molecule has 0 bridgehead atoms. The molecule has 1 unspecified atom stereocenters. The minimum Gasteiger partial charge on any atom is -0.481 e. The number of aryl methyl sites for hydroxylation is 1. The monoisotopic (exact) mass is 668 g/mol. The summed E-state index contributed by atoms with van der Waals surface area (Å²) >= 11 is 0. The molecule has 0 heterocycles. The molecule has 7 nitrogen and oxygen atoms in total. The fourth-order valence-corrected chi connectivity index (χ4v) is 11.5. The number of carbonyl (C=O) groups is 1. The highest BCUT2D eigenvalue weighted by molar-refractivity contribution is 7.89. The van der Waals surface area contributed by atoms with Crippen LogP contribution in [0.15, 0.2) is 45.9 Å². The number of aliphatic hydroxyl groups excluding tert-OH is 1. The van der Waals surface area contributed by atoms with Gasteiger partial charge in [0.2, 0.25) is 0 Å². The Balaban J connectivity index is 1.56. The van der Waals surface area contributed by atoms with Crippen molar-refractivity contribution in [3.05, 3.63) is 41.5 Å². The van der Waals surface area contributed by atoms with E-state index in [0.29, 0.717) is 42.9 Å². The third-order valence-electron chi connectivity index (χ3n) is 13.4. The Bertz CT molecular complexity index is 1480. The molecule has 5 rings (SSSR count). The number of sulfonamides is 1. The second-order valence-corrected chi connectivity index (χ2v) is 19.0. The van der Waals surface area contributed by atoms with Gasteiger partial charge in [-0.15, -0.1) is 0 Å². The van der Waals surface area contributed by atoms with Crippen LogP contribution in [0.2, 0.25) is 0 Å². The van der Waals surface area contributed by atoms with E-state index < -0.39 is 27.5 Å². The van der Waals surface area contributed by atoms with Gasteiger partial charge in [-0.2, -0.15) is 18.4 Å². The third kappa shape index (κ3) is 6.84. The molecule has 0 radical (unpaired) electrons. The van der Waals surface area contributed by atoms with Crippen molar-refractivity contribution >= 4 is 21.7 Å². The molecule has 1 aromatic carbocycles. The van der Waals surface area contributed by atoms with Crippen molar-refractivity contribution in [2.45, 2.75) is 131 Å². The van der Waals surface area contributed by atoms with Crippen LogP contribution in [0.4, 0.5) is 0 Å². The SMILES string of the molecule is Cc1ccc(S(=O)(=O)NN=C2C=C3C[C@@H](O)CC(CC(C)(C)C(=O)O)[C@]3(C)[C@H]3CC[C@]4(C)[C@@H]([C@H](C)CCCC(C)C)CC[C@H]4[C@H]23)cc1. The summed E-state index contributed by atoms with van der Waals surface area (Å²) in [6.45, 7) is 17.4. The maximum atomic E-state index is 13.5. The molecule has 0 aliphatic heterocycles. The zero-order chi connectivity index (χ0) is 34.5. The summed E-state index contributed by atoms with van der Waals surface area (Å²) < 4.78 is 26.9. The van der Waals surface area contributed by atoms with Gasteiger partial charge in [-0.25, -0.2) is 0 Å². The molecular weight excluding hydrogens is 609 g/mol. The van der Waals surface area contributed by atoms with Crippen LogP contribution in [-0.4, -0.2) is 36.4 Å². The Hall–Kier alpha value is -2.19. The fraction of sp³-hybridized carbons (Fsp3) is 0.744. The minimum atomic E-state index is -3.87. The summed E-state index contributed by atoms with van der Waals surface area (Å²) in [5.74, 6) is 1.74. The number of nitrogens with one attached hydrogen (secondary N) is 1. The molecule has 0 spiro atoms. The second kappa shape index (κ2) is 13.3. The number of aliphatic carboxylic acids is 1. The molecule has 0 aromatic heterocycles. The van der Waals surface area contributed by atoms with Crippen LogP contribution in [0.3, 0.4) is 0 Å². The molecular formula is C39H60N2O5S. The number of nitrogens with zero attached hydrogens (tertiary/aromatic N) is 1. The van der Waals surface area contributed by atoms with Crippen LogP contribution >= 0.6 is 0 Å². The van der Waals surface area contributed by atoms with Gasteiger partial charge < -0.3 is 10.2 Å². The predicted octanol–water partition coefficient (Wildman–Crippen LogP) is 8.37. The lowest BCUT2D eigenvalue weighted by molar-refractivity contribution is -0.149. The zero-order valence-corrected chi connectivity index (χ0v) is 30.9. The minimum absolute atomic E-state index is 0.00147. The number of hydrogen-bond donors (Lipinski definition) is 3. The van der Waals surface area contributed by atoms with Gasteiger partial charge in [0, 0.05) is 5.92 Å². The van der Waals surface area contributed by atoms with Crippen molar-refractivity contribution in [3.63, 3.8) is 0 Å². The van der Waals surface area contributed by atoms with Crippen molar-refractivity contribution < 1.29 is 23.4 Å². The highest BCUT2D eigenvalue weighted by Crippen LogP contribution is 2.68. The number of rotatable bonds is 11. The van der Waals surface area contributed by atoms with E-state index in [1.54, 1.807) is 38.1 Å². The lowest BCUT2D eigenvalue weighted by Gasteiger charge is -2.61. The first-order valence-electron chi connectivity index (χ1n) is 18.2. The topological polar surface area (TPSA) is 116 Å². The van der Waals surface area contributed by atoms with Crippen LogP contribution in [0.25, 0.3) is 0 Å². The summed E-state index contributed by atoms with van der Waals surface area (Å²) in [6.07, 6.45) is 11.2. The number of carboxylic acid groups (broad SMARTS) is 1. The third-order valence-corrected chi connectivity index (χ3v) is 14.6. The summed E-state index contributed by atoms with van der Waals surface area (Å²) in [5.41, 5.74) is 1.77. The number of benzene rings is 1. The molecule has 3 N–H and O–H groups in total. The van der Waals surface area contributed by atoms with Crippen LogP contribution < -0.4 is 4.83 Å². The first-order valence-corrected chi connectivity index (χ1v) is 19.7. The second-order valence-electron chi connectivity index (χ2n) is 17.3. The van der Waals surface area contributed by atoms with Gasteiger partial charge in [-0.05, 0) is 130 Å². The van der Waals surface area contributed by atoms with E-state index in [1.165, 1.54) is 25.7 Å². The average molecular weight is 669 g/mol. The normalized spacial score (nSPS) is 35.5. The number of hydrazone groups is 1. The molecule has 8 heteroatoms. The quantitative estimate of drug-likeness (QED) is 0.205. The van der Waals surface area contributed by atoms with Gasteiger partial charge >= 0.3 is 5.97 Å². The number of fused-ring (bicyclic) bond motifs is 5. The number of aliphatic hydroxyl groups is 1. The van der Waals surface area contributed by atoms with Gasteiger partial charge in [0.15, 0.2) is 0 Å². The Labute approximate surface area is 284 Å². The van der Waals surface area contributed by atoms with Crippen LogP contribution in [0.1, 0.15) is 118 Å². The number of hydrogen-bond acceptors (Lipinski definition) is 5. The lowest BCUT2D eigenvalue weighted by Crippen LogP contribution is -2.57.